The molecule has 0 bridgehead atoms. The molecule has 1 nitrogen and oxygen atoms in total. The summed E-state index contributed by atoms with van der Waals surface area (Å²) in [7, 11) is 0. The average molecular weight is 336 g/mol. The van der Waals surface area contributed by atoms with Crippen LogP contribution in [0.5, 0.6) is 0 Å². The van der Waals surface area contributed by atoms with Crippen molar-refractivity contribution in [3.05, 3.63) is 64.1 Å². The second kappa shape index (κ2) is 7.83. The van der Waals surface area contributed by atoms with Crippen molar-refractivity contribution < 1.29 is 4.39 Å². The Morgan fingerprint density at radius 3 is 2.35 bits per heavy atom. The number of hydrogen-bond donors (Lipinski definition) is 1. The van der Waals surface area contributed by atoms with Crippen molar-refractivity contribution in [2.45, 2.75) is 53.5 Å². The van der Waals surface area contributed by atoms with Crippen LogP contribution in [0, 0.1) is 5.82 Å². The molecule has 1 rings (SSSR count). The van der Waals surface area contributed by atoms with Crippen LogP contribution < -0.4 is 5.32 Å². The number of rotatable bonds is 5. The highest BCUT2D eigenvalue weighted by Gasteiger charge is 2.11. The van der Waals surface area contributed by atoms with Gasteiger partial charge in [0, 0.05) is 17.7 Å². The molecule has 0 fully saturated rings. The van der Waals surface area contributed by atoms with Gasteiger partial charge in [-0.05, 0) is 64.8 Å². The van der Waals surface area contributed by atoms with Crippen molar-refractivity contribution in [3.63, 3.8) is 0 Å². The Kier molecular flexibility index (Phi) is 6.64. The minimum atomic E-state index is -0.396. The van der Waals surface area contributed by atoms with Crippen LogP contribution in [0.1, 0.15) is 53.5 Å². The Morgan fingerprint density at radius 2 is 1.87 bits per heavy atom. The van der Waals surface area contributed by atoms with E-state index in [1.165, 1.54) is 11.6 Å². The van der Waals surface area contributed by atoms with E-state index in [4.69, 9.17) is 11.6 Å². The molecule has 0 aromatic heterocycles. The fraction of sp³-hybridized carbons (Fsp3) is 0.400. The van der Waals surface area contributed by atoms with Gasteiger partial charge in [0.05, 0.1) is 5.02 Å². The van der Waals surface area contributed by atoms with Crippen molar-refractivity contribution in [3.8, 4) is 0 Å². The van der Waals surface area contributed by atoms with Crippen molar-refractivity contribution in [1.29, 1.82) is 0 Å². The third kappa shape index (κ3) is 6.62. The zero-order valence-corrected chi connectivity index (χ0v) is 15.7. The molecule has 0 radical (unpaired) electrons. The lowest BCUT2D eigenvalue weighted by molar-refractivity contribution is 0.468. The minimum absolute atomic E-state index is 0.00118. The Morgan fingerprint density at radius 1 is 1.26 bits per heavy atom. The number of halogens is 2. The molecule has 0 amide bonds. The standard InChI is InChI=1S/C20H27ClFN/c1-13(2)17(16-8-9-19(22)18(21)12-16)11-14(3)10-15(4)23-20(5,6)7/h8-9,11-12,23H,4,10H2,1-3,5-7H3/b14-11+. The summed E-state index contributed by atoms with van der Waals surface area (Å²) in [6.45, 7) is 16.6. The Labute approximate surface area is 144 Å². The van der Waals surface area contributed by atoms with Gasteiger partial charge in [-0.15, -0.1) is 0 Å². The highest BCUT2D eigenvalue weighted by molar-refractivity contribution is 6.30. The normalized spacial score (nSPS) is 12.1. The van der Waals surface area contributed by atoms with Crippen LogP contribution in [0.15, 0.2) is 47.7 Å². The lowest BCUT2D eigenvalue weighted by Crippen LogP contribution is -2.34. The van der Waals surface area contributed by atoms with Gasteiger partial charge in [0.15, 0.2) is 0 Å². The summed E-state index contributed by atoms with van der Waals surface area (Å²) >= 11 is 5.91. The molecule has 0 atom stereocenters. The predicted molar refractivity (Wildman–Crippen MR) is 100 cm³/mol. The first-order chi connectivity index (χ1) is 10.5. The van der Waals surface area contributed by atoms with Gasteiger partial charge < -0.3 is 5.32 Å². The zero-order valence-electron chi connectivity index (χ0n) is 15.0. The van der Waals surface area contributed by atoms with E-state index in [0.29, 0.717) is 0 Å². The van der Waals surface area contributed by atoms with Gasteiger partial charge in [-0.25, -0.2) is 4.39 Å². The molecule has 0 saturated heterocycles. The Balaban J connectivity index is 3.02. The van der Waals surface area contributed by atoms with Crippen LogP contribution in [0.3, 0.4) is 0 Å². The molecule has 0 saturated carbocycles. The summed E-state index contributed by atoms with van der Waals surface area (Å²) in [6, 6.07) is 4.84. The highest BCUT2D eigenvalue weighted by atomic mass is 35.5. The molecule has 126 valence electrons. The predicted octanol–water partition coefficient (Wildman–Crippen LogP) is 6.51. The first kappa shape index (κ1) is 19.5. The fourth-order valence-electron chi connectivity index (χ4n) is 2.39. The molecule has 0 aliphatic rings. The highest BCUT2D eigenvalue weighted by Crippen LogP contribution is 2.27. The lowest BCUT2D eigenvalue weighted by atomic mass is 9.97. The van der Waals surface area contributed by atoms with Gasteiger partial charge in [0.25, 0.3) is 0 Å². The summed E-state index contributed by atoms with van der Waals surface area (Å²) in [5.74, 6) is -0.396. The summed E-state index contributed by atoms with van der Waals surface area (Å²) in [5.41, 5.74) is 5.31. The second-order valence-electron chi connectivity index (χ2n) is 7.19. The first-order valence-corrected chi connectivity index (χ1v) is 8.13. The van der Waals surface area contributed by atoms with Gasteiger partial charge in [0.1, 0.15) is 5.82 Å². The van der Waals surface area contributed by atoms with Gasteiger partial charge in [0.2, 0.25) is 0 Å². The summed E-state index contributed by atoms with van der Waals surface area (Å²) in [5, 5.41) is 3.53. The van der Waals surface area contributed by atoms with Gasteiger partial charge in [-0.3, -0.25) is 0 Å². The van der Waals surface area contributed by atoms with Crippen LogP contribution in [0.2, 0.25) is 5.02 Å². The monoisotopic (exact) mass is 335 g/mol. The van der Waals surface area contributed by atoms with E-state index in [1.807, 2.05) is 13.8 Å². The van der Waals surface area contributed by atoms with Crippen LogP contribution in [-0.2, 0) is 0 Å². The number of allylic oxidation sites excluding steroid dienone is 4. The lowest BCUT2D eigenvalue weighted by Gasteiger charge is -2.24. The molecule has 1 N–H and O–H groups in total. The number of hydrogen-bond acceptors (Lipinski definition) is 1. The average Bonchev–Trinajstić information content (AvgIpc) is 2.36. The van der Waals surface area contributed by atoms with Crippen molar-refractivity contribution >= 4 is 17.2 Å². The topological polar surface area (TPSA) is 12.0 Å². The van der Waals surface area contributed by atoms with E-state index in [0.717, 1.165) is 28.8 Å². The number of nitrogens with one attached hydrogen (secondary N) is 1. The second-order valence-corrected chi connectivity index (χ2v) is 7.60. The SMILES string of the molecule is C=C(C/C(C)=C/C(=C(C)C)c1ccc(F)c(Cl)c1)NC(C)(C)C. The Hall–Kier alpha value is -1.54. The summed E-state index contributed by atoms with van der Waals surface area (Å²) < 4.78 is 13.4. The zero-order chi connectivity index (χ0) is 17.8. The van der Waals surface area contributed by atoms with Crippen molar-refractivity contribution in [1.82, 2.24) is 5.32 Å². The van der Waals surface area contributed by atoms with E-state index in [2.05, 4.69) is 45.7 Å². The van der Waals surface area contributed by atoms with Crippen LogP contribution >= 0.6 is 11.6 Å². The van der Waals surface area contributed by atoms with Crippen LogP contribution in [0.25, 0.3) is 5.57 Å². The van der Waals surface area contributed by atoms with Crippen LogP contribution in [-0.4, -0.2) is 5.54 Å². The maximum absolute atomic E-state index is 13.4. The molecule has 1 aromatic carbocycles. The molecule has 23 heavy (non-hydrogen) atoms. The van der Waals surface area contributed by atoms with Gasteiger partial charge >= 0.3 is 0 Å². The molecular formula is C20H27ClFN. The minimum Gasteiger partial charge on any atom is -0.384 e. The van der Waals surface area contributed by atoms with Gasteiger partial charge in [-0.2, -0.15) is 0 Å². The molecule has 0 aliphatic carbocycles. The van der Waals surface area contributed by atoms with Gasteiger partial charge in [-0.1, -0.05) is 41.5 Å². The maximum atomic E-state index is 13.4. The molecule has 1 aromatic rings. The smallest absolute Gasteiger partial charge is 0.141 e. The fourth-order valence-corrected chi connectivity index (χ4v) is 2.57. The van der Waals surface area contributed by atoms with E-state index >= 15 is 0 Å². The van der Waals surface area contributed by atoms with E-state index < -0.39 is 5.82 Å². The van der Waals surface area contributed by atoms with Crippen molar-refractivity contribution in [2.75, 3.05) is 0 Å². The van der Waals surface area contributed by atoms with Crippen LogP contribution in [0.4, 0.5) is 4.39 Å². The van der Waals surface area contributed by atoms with E-state index in [1.54, 1.807) is 12.1 Å². The van der Waals surface area contributed by atoms with E-state index in [9.17, 15) is 4.39 Å². The maximum Gasteiger partial charge on any atom is 0.141 e. The molecule has 3 heteroatoms. The molecule has 0 spiro atoms. The molecule has 0 heterocycles. The Bertz CT molecular complexity index is 644. The molecular weight excluding hydrogens is 309 g/mol. The largest absolute Gasteiger partial charge is 0.384 e. The summed E-state index contributed by atoms with van der Waals surface area (Å²) in [6.07, 6.45) is 2.89. The van der Waals surface area contributed by atoms with E-state index in [-0.39, 0.29) is 10.6 Å². The summed E-state index contributed by atoms with van der Waals surface area (Å²) in [4.78, 5) is 0. The molecule has 0 unspecified atom stereocenters. The third-order valence-corrected chi connectivity index (χ3v) is 3.49. The quantitative estimate of drug-likeness (QED) is 0.605. The third-order valence-electron chi connectivity index (χ3n) is 3.20. The first-order valence-electron chi connectivity index (χ1n) is 7.75. The number of benzene rings is 1. The van der Waals surface area contributed by atoms with Crippen molar-refractivity contribution in [2.24, 2.45) is 0 Å². The molecule has 0 aliphatic heterocycles.